The highest BCUT2D eigenvalue weighted by atomic mass is 16.5. The second kappa shape index (κ2) is 7.13. The summed E-state index contributed by atoms with van der Waals surface area (Å²) in [5, 5.41) is 4.30. The fraction of sp³-hybridized carbons (Fsp3) is 0.150. The van der Waals surface area contributed by atoms with Crippen LogP contribution >= 0.6 is 0 Å². The SMILES string of the molecule is CCOC(=O)c1nn(-c2ccc(C)cc2)c(=O)cc1-c1ccccc1. The molecule has 5 nitrogen and oxygen atoms in total. The van der Waals surface area contributed by atoms with Crippen LogP contribution in [0.4, 0.5) is 0 Å². The average Bonchev–Trinajstić information content (AvgIpc) is 2.63. The van der Waals surface area contributed by atoms with Crippen molar-refractivity contribution in [2.75, 3.05) is 6.61 Å². The Kier molecular flexibility index (Phi) is 4.75. The molecular formula is C20H18N2O3. The fourth-order valence-electron chi connectivity index (χ4n) is 2.52. The van der Waals surface area contributed by atoms with E-state index in [1.54, 1.807) is 19.1 Å². The Hall–Kier alpha value is -3.21. The summed E-state index contributed by atoms with van der Waals surface area (Å²) >= 11 is 0. The number of rotatable bonds is 4. The molecule has 0 saturated carbocycles. The fourth-order valence-corrected chi connectivity index (χ4v) is 2.52. The zero-order chi connectivity index (χ0) is 17.8. The normalized spacial score (nSPS) is 10.5. The van der Waals surface area contributed by atoms with Crippen LogP contribution in [0, 0.1) is 6.92 Å². The number of hydrogen-bond acceptors (Lipinski definition) is 4. The molecule has 5 heteroatoms. The van der Waals surface area contributed by atoms with Gasteiger partial charge in [0.1, 0.15) is 0 Å². The average molecular weight is 334 g/mol. The van der Waals surface area contributed by atoms with Crippen molar-refractivity contribution in [3.05, 3.63) is 82.3 Å². The smallest absolute Gasteiger partial charge is 0.359 e. The maximum atomic E-state index is 12.6. The topological polar surface area (TPSA) is 61.2 Å². The number of nitrogens with zero attached hydrogens (tertiary/aromatic N) is 2. The van der Waals surface area contributed by atoms with Gasteiger partial charge in [-0.2, -0.15) is 9.78 Å². The Labute approximate surface area is 145 Å². The number of carbonyl (C=O) groups is 1. The summed E-state index contributed by atoms with van der Waals surface area (Å²) in [5.41, 5.74) is 2.69. The molecular weight excluding hydrogens is 316 g/mol. The van der Waals surface area contributed by atoms with Crippen molar-refractivity contribution in [2.45, 2.75) is 13.8 Å². The lowest BCUT2D eigenvalue weighted by atomic mass is 10.0. The van der Waals surface area contributed by atoms with Gasteiger partial charge in [-0.25, -0.2) is 4.79 Å². The monoisotopic (exact) mass is 334 g/mol. The largest absolute Gasteiger partial charge is 0.461 e. The maximum Gasteiger partial charge on any atom is 0.359 e. The van der Waals surface area contributed by atoms with Crippen LogP contribution in [0.1, 0.15) is 23.0 Å². The molecule has 1 heterocycles. The van der Waals surface area contributed by atoms with Crippen molar-refractivity contribution >= 4 is 5.97 Å². The van der Waals surface area contributed by atoms with Crippen LogP contribution in [-0.2, 0) is 4.74 Å². The summed E-state index contributed by atoms with van der Waals surface area (Å²) in [4.78, 5) is 25.0. The molecule has 0 aliphatic rings. The summed E-state index contributed by atoms with van der Waals surface area (Å²) in [6.45, 7) is 3.93. The summed E-state index contributed by atoms with van der Waals surface area (Å²) in [6, 6.07) is 18.0. The number of hydrogen-bond donors (Lipinski definition) is 0. The van der Waals surface area contributed by atoms with E-state index in [1.807, 2.05) is 49.4 Å². The van der Waals surface area contributed by atoms with E-state index in [1.165, 1.54) is 10.7 Å². The van der Waals surface area contributed by atoms with E-state index in [-0.39, 0.29) is 17.9 Å². The lowest BCUT2D eigenvalue weighted by Gasteiger charge is -2.11. The molecule has 1 aromatic heterocycles. The highest BCUT2D eigenvalue weighted by Crippen LogP contribution is 2.22. The molecule has 126 valence electrons. The third-order valence-electron chi connectivity index (χ3n) is 3.76. The van der Waals surface area contributed by atoms with Crippen molar-refractivity contribution in [3.8, 4) is 16.8 Å². The van der Waals surface area contributed by atoms with Crippen LogP contribution in [0.5, 0.6) is 0 Å². The third-order valence-corrected chi connectivity index (χ3v) is 3.76. The van der Waals surface area contributed by atoms with Gasteiger partial charge in [0.15, 0.2) is 5.69 Å². The number of ether oxygens (including phenoxy) is 1. The molecule has 3 aromatic rings. The molecule has 0 N–H and O–H groups in total. The van der Waals surface area contributed by atoms with Gasteiger partial charge in [0.05, 0.1) is 12.3 Å². The lowest BCUT2D eigenvalue weighted by Crippen LogP contribution is -2.25. The molecule has 0 fully saturated rings. The van der Waals surface area contributed by atoms with Gasteiger partial charge in [-0.15, -0.1) is 0 Å². The maximum absolute atomic E-state index is 12.6. The third kappa shape index (κ3) is 3.50. The Bertz CT molecular complexity index is 945. The molecule has 0 aliphatic heterocycles. The van der Waals surface area contributed by atoms with Gasteiger partial charge in [-0.3, -0.25) is 4.79 Å². The summed E-state index contributed by atoms with van der Waals surface area (Å²) < 4.78 is 6.34. The van der Waals surface area contributed by atoms with Gasteiger partial charge < -0.3 is 4.74 Å². The minimum absolute atomic E-state index is 0.119. The standard InChI is InChI=1S/C20H18N2O3/c1-3-25-20(24)19-17(15-7-5-4-6-8-15)13-18(23)22(21-19)16-11-9-14(2)10-12-16/h4-13H,3H2,1-2H3. The molecule has 2 aromatic carbocycles. The molecule has 0 amide bonds. The number of aryl methyl sites for hydroxylation is 1. The van der Waals surface area contributed by atoms with Crippen molar-refractivity contribution in [3.63, 3.8) is 0 Å². The van der Waals surface area contributed by atoms with Crippen LogP contribution in [0.2, 0.25) is 0 Å². The number of esters is 1. The van der Waals surface area contributed by atoms with Gasteiger partial charge in [0.2, 0.25) is 0 Å². The molecule has 0 radical (unpaired) electrons. The molecule has 25 heavy (non-hydrogen) atoms. The Morgan fingerprint density at radius 2 is 1.76 bits per heavy atom. The molecule has 0 saturated heterocycles. The molecule has 3 rings (SSSR count). The molecule has 0 spiro atoms. The molecule has 0 bridgehead atoms. The van der Waals surface area contributed by atoms with E-state index >= 15 is 0 Å². The van der Waals surface area contributed by atoms with E-state index in [0.29, 0.717) is 11.3 Å². The van der Waals surface area contributed by atoms with Crippen LogP contribution in [0.25, 0.3) is 16.8 Å². The molecule has 0 aliphatic carbocycles. The zero-order valence-electron chi connectivity index (χ0n) is 14.1. The number of benzene rings is 2. The van der Waals surface area contributed by atoms with E-state index < -0.39 is 5.97 Å². The van der Waals surface area contributed by atoms with Gasteiger partial charge >= 0.3 is 5.97 Å². The first kappa shape index (κ1) is 16.6. The zero-order valence-corrected chi connectivity index (χ0v) is 14.1. The second-order valence-electron chi connectivity index (χ2n) is 5.58. The minimum atomic E-state index is -0.554. The minimum Gasteiger partial charge on any atom is -0.461 e. The first-order valence-electron chi connectivity index (χ1n) is 8.04. The van der Waals surface area contributed by atoms with E-state index in [9.17, 15) is 9.59 Å². The predicted octanol–water partition coefficient (Wildman–Crippen LogP) is 3.38. The summed E-state index contributed by atoms with van der Waals surface area (Å²) in [7, 11) is 0. The van der Waals surface area contributed by atoms with E-state index in [0.717, 1.165) is 11.1 Å². The Balaban J connectivity index is 2.20. The summed E-state index contributed by atoms with van der Waals surface area (Å²) in [5.74, 6) is -0.554. The van der Waals surface area contributed by atoms with Gasteiger partial charge in [0, 0.05) is 11.6 Å². The van der Waals surface area contributed by atoms with Crippen molar-refractivity contribution in [1.82, 2.24) is 9.78 Å². The van der Waals surface area contributed by atoms with E-state index in [4.69, 9.17) is 4.74 Å². The lowest BCUT2D eigenvalue weighted by molar-refractivity contribution is 0.0518. The van der Waals surface area contributed by atoms with E-state index in [2.05, 4.69) is 5.10 Å². The molecule has 0 atom stereocenters. The van der Waals surface area contributed by atoms with Crippen LogP contribution < -0.4 is 5.56 Å². The molecule has 0 unspecified atom stereocenters. The number of aromatic nitrogens is 2. The highest BCUT2D eigenvalue weighted by Gasteiger charge is 2.19. The predicted molar refractivity (Wildman–Crippen MR) is 96.0 cm³/mol. The van der Waals surface area contributed by atoms with Crippen LogP contribution in [0.3, 0.4) is 0 Å². The van der Waals surface area contributed by atoms with Crippen LogP contribution in [-0.4, -0.2) is 22.4 Å². The van der Waals surface area contributed by atoms with Gasteiger partial charge in [-0.05, 0) is 31.5 Å². The van der Waals surface area contributed by atoms with Crippen LogP contribution in [0.15, 0.2) is 65.5 Å². The quantitative estimate of drug-likeness (QED) is 0.686. The summed E-state index contributed by atoms with van der Waals surface area (Å²) in [6.07, 6.45) is 0. The highest BCUT2D eigenvalue weighted by molar-refractivity contribution is 5.95. The number of carbonyl (C=O) groups excluding carboxylic acids is 1. The first-order chi connectivity index (χ1) is 12.1. The Morgan fingerprint density at radius 3 is 2.40 bits per heavy atom. The second-order valence-corrected chi connectivity index (χ2v) is 5.58. The van der Waals surface area contributed by atoms with Crippen molar-refractivity contribution < 1.29 is 9.53 Å². The van der Waals surface area contributed by atoms with Crippen molar-refractivity contribution in [1.29, 1.82) is 0 Å². The van der Waals surface area contributed by atoms with Gasteiger partial charge in [0.25, 0.3) is 5.56 Å². The Morgan fingerprint density at radius 1 is 1.08 bits per heavy atom. The van der Waals surface area contributed by atoms with Crippen molar-refractivity contribution in [2.24, 2.45) is 0 Å². The van der Waals surface area contributed by atoms with Gasteiger partial charge in [-0.1, -0.05) is 48.0 Å². The first-order valence-corrected chi connectivity index (χ1v) is 8.04.